The molecular weight excluding hydrogens is 463 g/mol. The summed E-state index contributed by atoms with van der Waals surface area (Å²) in [6.07, 6.45) is 3.84. The molecule has 0 saturated carbocycles. The first-order valence-corrected chi connectivity index (χ1v) is 11.8. The SMILES string of the molecule is Oc1ccc(Sc2ccc(OCCc3ccc(F)cc3)cc2Nc2ncnc3ncccc23)cc1. The number of rotatable bonds is 8. The first-order valence-electron chi connectivity index (χ1n) is 10.9. The van der Waals surface area contributed by atoms with Crippen molar-refractivity contribution in [3.05, 3.63) is 103 Å². The average Bonchev–Trinajstić information content (AvgIpc) is 2.88. The number of phenolic OH excluding ortho intramolecular Hbond substituents is 1. The molecule has 2 aromatic heterocycles. The average molecular weight is 485 g/mol. The van der Waals surface area contributed by atoms with Gasteiger partial charge in [-0.05, 0) is 66.2 Å². The van der Waals surface area contributed by atoms with Crippen LogP contribution in [0.1, 0.15) is 5.56 Å². The lowest BCUT2D eigenvalue weighted by molar-refractivity contribution is 0.322. The summed E-state index contributed by atoms with van der Waals surface area (Å²) < 4.78 is 19.1. The molecule has 0 aliphatic carbocycles. The van der Waals surface area contributed by atoms with Gasteiger partial charge in [0.05, 0.1) is 17.7 Å². The normalized spacial score (nSPS) is 10.9. The van der Waals surface area contributed by atoms with Crippen molar-refractivity contribution in [2.24, 2.45) is 0 Å². The van der Waals surface area contributed by atoms with Gasteiger partial charge in [0.1, 0.15) is 29.5 Å². The van der Waals surface area contributed by atoms with Crippen LogP contribution in [0, 0.1) is 5.82 Å². The summed E-state index contributed by atoms with van der Waals surface area (Å²) in [6, 6.07) is 23.1. The maximum atomic E-state index is 13.1. The molecule has 0 aliphatic heterocycles. The molecule has 2 heterocycles. The fourth-order valence-corrected chi connectivity index (χ4v) is 4.37. The second-order valence-electron chi connectivity index (χ2n) is 7.70. The first-order chi connectivity index (χ1) is 17.1. The Morgan fingerprint density at radius 1 is 0.914 bits per heavy atom. The number of phenols is 1. The third-order valence-electron chi connectivity index (χ3n) is 5.25. The number of ether oxygens (including phenoxy) is 1. The van der Waals surface area contributed by atoms with Gasteiger partial charge in [-0.25, -0.2) is 19.3 Å². The molecule has 0 radical (unpaired) electrons. The highest BCUT2D eigenvalue weighted by atomic mass is 32.2. The zero-order chi connectivity index (χ0) is 24.0. The molecule has 3 aromatic carbocycles. The number of aromatic nitrogens is 3. The molecule has 35 heavy (non-hydrogen) atoms. The van der Waals surface area contributed by atoms with E-state index >= 15 is 0 Å². The number of hydrogen-bond donors (Lipinski definition) is 2. The minimum atomic E-state index is -0.250. The number of halogens is 1. The summed E-state index contributed by atoms with van der Waals surface area (Å²) >= 11 is 1.55. The van der Waals surface area contributed by atoms with Crippen molar-refractivity contribution in [3.8, 4) is 11.5 Å². The van der Waals surface area contributed by atoms with Crippen LogP contribution in [0.2, 0.25) is 0 Å². The molecule has 5 rings (SSSR count). The molecule has 0 aliphatic rings. The number of nitrogens with zero attached hydrogens (tertiary/aromatic N) is 3. The predicted molar refractivity (Wildman–Crippen MR) is 135 cm³/mol. The minimum absolute atomic E-state index is 0.220. The fourth-order valence-electron chi connectivity index (χ4n) is 3.49. The van der Waals surface area contributed by atoms with E-state index in [1.807, 2.05) is 42.5 Å². The van der Waals surface area contributed by atoms with E-state index in [9.17, 15) is 9.50 Å². The number of hydrogen-bond acceptors (Lipinski definition) is 7. The lowest BCUT2D eigenvalue weighted by Gasteiger charge is -2.15. The highest BCUT2D eigenvalue weighted by molar-refractivity contribution is 7.99. The van der Waals surface area contributed by atoms with E-state index in [1.165, 1.54) is 18.5 Å². The van der Waals surface area contributed by atoms with Crippen molar-refractivity contribution in [1.82, 2.24) is 15.0 Å². The number of benzene rings is 3. The molecule has 0 bridgehead atoms. The predicted octanol–water partition coefficient (Wildman–Crippen LogP) is 6.39. The first kappa shape index (κ1) is 22.6. The van der Waals surface area contributed by atoms with E-state index in [0.717, 1.165) is 26.4 Å². The van der Waals surface area contributed by atoms with Gasteiger partial charge in [-0.2, -0.15) is 0 Å². The molecule has 8 heteroatoms. The molecule has 0 amide bonds. The highest BCUT2D eigenvalue weighted by Gasteiger charge is 2.11. The van der Waals surface area contributed by atoms with Crippen molar-refractivity contribution in [2.45, 2.75) is 16.2 Å². The van der Waals surface area contributed by atoms with Gasteiger partial charge in [-0.3, -0.25) is 0 Å². The summed E-state index contributed by atoms with van der Waals surface area (Å²) in [7, 11) is 0. The van der Waals surface area contributed by atoms with Crippen molar-refractivity contribution in [3.63, 3.8) is 0 Å². The topological polar surface area (TPSA) is 80.2 Å². The van der Waals surface area contributed by atoms with E-state index in [-0.39, 0.29) is 11.6 Å². The third kappa shape index (κ3) is 5.67. The van der Waals surface area contributed by atoms with Gasteiger partial charge in [-0.1, -0.05) is 23.9 Å². The Bertz CT molecular complexity index is 1440. The van der Waals surface area contributed by atoms with Gasteiger partial charge in [0.2, 0.25) is 0 Å². The van der Waals surface area contributed by atoms with Crippen LogP contribution in [0.4, 0.5) is 15.9 Å². The van der Waals surface area contributed by atoms with Crippen LogP contribution >= 0.6 is 11.8 Å². The maximum Gasteiger partial charge on any atom is 0.164 e. The quantitative estimate of drug-likeness (QED) is 0.264. The standard InChI is InChI=1S/C27H21FN4O2S/c28-19-5-3-18(4-6-19)13-15-34-21-9-12-25(35-22-10-7-20(33)8-11-22)24(16-21)32-27-23-2-1-14-29-26(23)30-17-31-27/h1-12,14,16-17,33H,13,15H2,(H,29,30,31,32). The zero-order valence-corrected chi connectivity index (χ0v) is 19.4. The Morgan fingerprint density at radius 3 is 2.57 bits per heavy atom. The Labute approximate surface area is 205 Å². The molecule has 2 N–H and O–H groups in total. The van der Waals surface area contributed by atoms with Gasteiger partial charge in [0.25, 0.3) is 0 Å². The molecule has 0 spiro atoms. The lowest BCUT2D eigenvalue weighted by Crippen LogP contribution is -2.03. The van der Waals surface area contributed by atoms with Gasteiger partial charge in [0.15, 0.2) is 5.65 Å². The monoisotopic (exact) mass is 484 g/mol. The Morgan fingerprint density at radius 2 is 1.74 bits per heavy atom. The molecular formula is C27H21FN4O2S. The van der Waals surface area contributed by atoms with Crippen molar-refractivity contribution >= 4 is 34.3 Å². The summed E-state index contributed by atoms with van der Waals surface area (Å²) in [4.78, 5) is 14.9. The third-order valence-corrected chi connectivity index (χ3v) is 6.33. The van der Waals surface area contributed by atoms with Gasteiger partial charge >= 0.3 is 0 Å². The smallest absolute Gasteiger partial charge is 0.164 e. The van der Waals surface area contributed by atoms with E-state index in [4.69, 9.17) is 4.74 Å². The summed E-state index contributed by atoms with van der Waals surface area (Å²) in [5.74, 6) is 1.30. The van der Waals surface area contributed by atoms with Gasteiger partial charge in [0, 0.05) is 28.5 Å². The molecule has 0 saturated heterocycles. The number of anilines is 2. The molecule has 0 fully saturated rings. The van der Waals surface area contributed by atoms with E-state index < -0.39 is 0 Å². The van der Waals surface area contributed by atoms with Crippen LogP contribution in [0.25, 0.3) is 11.0 Å². The summed E-state index contributed by atoms with van der Waals surface area (Å²) in [5.41, 5.74) is 2.42. The molecule has 6 nitrogen and oxygen atoms in total. The van der Waals surface area contributed by atoms with Crippen LogP contribution in [-0.4, -0.2) is 26.7 Å². The Balaban J connectivity index is 1.41. The van der Waals surface area contributed by atoms with E-state index in [1.54, 1.807) is 42.2 Å². The van der Waals surface area contributed by atoms with Gasteiger partial charge in [-0.15, -0.1) is 0 Å². The lowest BCUT2D eigenvalue weighted by atomic mass is 10.2. The Kier molecular flexibility index (Phi) is 6.72. The summed E-state index contributed by atoms with van der Waals surface area (Å²) in [6.45, 7) is 0.454. The number of aromatic hydroxyl groups is 1. The van der Waals surface area contributed by atoms with Crippen molar-refractivity contribution < 1.29 is 14.2 Å². The Hall–Kier alpha value is -4.17. The number of fused-ring (bicyclic) bond motifs is 1. The number of nitrogens with one attached hydrogen (secondary N) is 1. The maximum absolute atomic E-state index is 13.1. The van der Waals surface area contributed by atoms with Crippen LogP contribution in [0.3, 0.4) is 0 Å². The second kappa shape index (κ2) is 10.4. The largest absolute Gasteiger partial charge is 0.508 e. The highest BCUT2D eigenvalue weighted by Crippen LogP contribution is 2.38. The molecule has 0 unspecified atom stereocenters. The summed E-state index contributed by atoms with van der Waals surface area (Å²) in [5, 5.41) is 13.8. The molecule has 0 atom stereocenters. The van der Waals surface area contributed by atoms with E-state index in [2.05, 4.69) is 20.3 Å². The van der Waals surface area contributed by atoms with Crippen LogP contribution < -0.4 is 10.1 Å². The molecule has 174 valence electrons. The van der Waals surface area contributed by atoms with Crippen LogP contribution in [0.15, 0.2) is 101 Å². The fraction of sp³-hybridized carbons (Fsp3) is 0.0741. The number of pyridine rings is 1. The minimum Gasteiger partial charge on any atom is -0.508 e. The molecule has 5 aromatic rings. The van der Waals surface area contributed by atoms with E-state index in [0.29, 0.717) is 30.2 Å². The van der Waals surface area contributed by atoms with Crippen LogP contribution in [-0.2, 0) is 6.42 Å². The van der Waals surface area contributed by atoms with Crippen molar-refractivity contribution in [1.29, 1.82) is 0 Å². The van der Waals surface area contributed by atoms with Gasteiger partial charge < -0.3 is 15.2 Å². The zero-order valence-electron chi connectivity index (χ0n) is 18.6. The van der Waals surface area contributed by atoms with Crippen molar-refractivity contribution in [2.75, 3.05) is 11.9 Å². The van der Waals surface area contributed by atoms with Crippen LogP contribution in [0.5, 0.6) is 11.5 Å². The second-order valence-corrected chi connectivity index (χ2v) is 8.82.